The van der Waals surface area contributed by atoms with Crippen LogP contribution in [0.5, 0.6) is 0 Å². The smallest absolute Gasteiger partial charge is 0.357 e. The van der Waals surface area contributed by atoms with E-state index < -0.39 is 11.9 Å². The molecule has 0 spiro atoms. The molecule has 3 rings (SSSR count). The Balaban J connectivity index is 1.57. The largest absolute Gasteiger partial charge is 0.467 e. The molecule has 2 aromatic heterocycles. The number of aromatic nitrogens is 1. The Hall–Kier alpha value is -2.68. The SMILES string of the molecule is CCOC(=O)c1csc(NC(=O)[C@@H]2CC(=O)N(Cc3ccco3)C2)n1. The molecule has 1 atom stereocenters. The van der Waals surface area contributed by atoms with Gasteiger partial charge >= 0.3 is 5.97 Å². The van der Waals surface area contributed by atoms with Crippen LogP contribution in [0, 0.1) is 5.92 Å². The zero-order chi connectivity index (χ0) is 17.8. The molecule has 25 heavy (non-hydrogen) atoms. The predicted molar refractivity (Wildman–Crippen MR) is 88.9 cm³/mol. The topological polar surface area (TPSA) is 102 Å². The molecule has 132 valence electrons. The fraction of sp³-hybridized carbons (Fsp3) is 0.375. The Labute approximate surface area is 147 Å². The number of carbonyl (C=O) groups excluding carboxylic acids is 3. The summed E-state index contributed by atoms with van der Waals surface area (Å²) in [5.41, 5.74) is 0.157. The average Bonchev–Trinajstić information content (AvgIpc) is 3.30. The number of hydrogen-bond acceptors (Lipinski definition) is 7. The first-order chi connectivity index (χ1) is 12.1. The second-order valence-electron chi connectivity index (χ2n) is 5.50. The van der Waals surface area contributed by atoms with E-state index >= 15 is 0 Å². The minimum atomic E-state index is -0.528. The second kappa shape index (κ2) is 7.47. The lowest BCUT2D eigenvalue weighted by Crippen LogP contribution is -2.27. The predicted octanol–water partition coefficient (Wildman–Crippen LogP) is 1.90. The van der Waals surface area contributed by atoms with Crippen molar-refractivity contribution in [2.45, 2.75) is 19.9 Å². The number of rotatable bonds is 6. The van der Waals surface area contributed by atoms with Crippen LogP contribution in [0.25, 0.3) is 0 Å². The zero-order valence-corrected chi connectivity index (χ0v) is 14.4. The molecule has 2 aromatic rings. The molecule has 0 radical (unpaired) electrons. The number of nitrogens with one attached hydrogen (secondary N) is 1. The van der Waals surface area contributed by atoms with Crippen LogP contribution in [0.15, 0.2) is 28.2 Å². The highest BCUT2D eigenvalue weighted by Crippen LogP contribution is 2.23. The van der Waals surface area contributed by atoms with Crippen LogP contribution in [0.1, 0.15) is 29.6 Å². The molecule has 0 unspecified atom stereocenters. The molecule has 1 saturated heterocycles. The van der Waals surface area contributed by atoms with Crippen LogP contribution in [-0.2, 0) is 20.9 Å². The quantitative estimate of drug-likeness (QED) is 0.787. The summed E-state index contributed by atoms with van der Waals surface area (Å²) in [5, 5.41) is 4.49. The van der Waals surface area contributed by atoms with Gasteiger partial charge in [0.2, 0.25) is 11.8 Å². The van der Waals surface area contributed by atoms with Crippen molar-refractivity contribution in [1.82, 2.24) is 9.88 Å². The number of likely N-dealkylation sites (tertiary alicyclic amines) is 1. The zero-order valence-electron chi connectivity index (χ0n) is 13.6. The normalized spacial score (nSPS) is 16.9. The van der Waals surface area contributed by atoms with E-state index in [4.69, 9.17) is 9.15 Å². The van der Waals surface area contributed by atoms with E-state index in [-0.39, 0.29) is 30.5 Å². The van der Waals surface area contributed by atoms with Gasteiger partial charge in [0.05, 0.1) is 25.3 Å². The third kappa shape index (κ3) is 4.05. The fourth-order valence-electron chi connectivity index (χ4n) is 2.53. The van der Waals surface area contributed by atoms with Crippen LogP contribution >= 0.6 is 11.3 Å². The maximum Gasteiger partial charge on any atom is 0.357 e. The van der Waals surface area contributed by atoms with Crippen molar-refractivity contribution in [3.8, 4) is 0 Å². The van der Waals surface area contributed by atoms with E-state index in [1.54, 1.807) is 30.2 Å². The van der Waals surface area contributed by atoms with Gasteiger partial charge in [0.25, 0.3) is 0 Å². The third-order valence-electron chi connectivity index (χ3n) is 3.73. The number of amides is 2. The van der Waals surface area contributed by atoms with Gasteiger partial charge in [0.1, 0.15) is 5.76 Å². The van der Waals surface area contributed by atoms with Crippen molar-refractivity contribution in [2.75, 3.05) is 18.5 Å². The van der Waals surface area contributed by atoms with E-state index in [0.29, 0.717) is 24.0 Å². The van der Waals surface area contributed by atoms with E-state index in [1.165, 1.54) is 5.38 Å². The standard InChI is InChI=1S/C16H17N3O5S/c1-2-23-15(22)12-9-25-16(17-12)18-14(21)10-6-13(20)19(7-10)8-11-4-3-5-24-11/h3-5,9-10H,2,6-8H2,1H3,(H,17,18,21)/t10-/m1/s1. The van der Waals surface area contributed by atoms with Gasteiger partial charge in [-0.15, -0.1) is 11.3 Å². The van der Waals surface area contributed by atoms with Crippen molar-refractivity contribution < 1.29 is 23.5 Å². The molecular formula is C16H17N3O5S. The summed E-state index contributed by atoms with van der Waals surface area (Å²) in [4.78, 5) is 41.6. The van der Waals surface area contributed by atoms with Crippen LogP contribution in [0.4, 0.5) is 5.13 Å². The van der Waals surface area contributed by atoms with Gasteiger partial charge in [0, 0.05) is 18.3 Å². The van der Waals surface area contributed by atoms with Crippen molar-refractivity contribution in [3.63, 3.8) is 0 Å². The van der Waals surface area contributed by atoms with Gasteiger partial charge in [-0.3, -0.25) is 9.59 Å². The van der Waals surface area contributed by atoms with Crippen molar-refractivity contribution >= 4 is 34.3 Å². The summed E-state index contributed by atoms with van der Waals surface area (Å²) in [6.45, 7) is 2.63. The van der Waals surface area contributed by atoms with Gasteiger partial charge in [-0.1, -0.05) is 0 Å². The van der Waals surface area contributed by atoms with Crippen LogP contribution < -0.4 is 5.32 Å². The van der Waals surface area contributed by atoms with Gasteiger partial charge in [-0.2, -0.15) is 0 Å². The van der Waals surface area contributed by atoms with Gasteiger partial charge in [-0.25, -0.2) is 9.78 Å². The maximum absolute atomic E-state index is 12.4. The number of carbonyl (C=O) groups is 3. The molecule has 3 heterocycles. The lowest BCUT2D eigenvalue weighted by Gasteiger charge is -2.14. The Morgan fingerprint density at radius 1 is 1.52 bits per heavy atom. The van der Waals surface area contributed by atoms with Crippen LogP contribution in [-0.4, -0.2) is 40.8 Å². The second-order valence-corrected chi connectivity index (χ2v) is 6.36. The number of esters is 1. The number of thiazole rings is 1. The molecule has 8 nitrogen and oxygen atoms in total. The summed E-state index contributed by atoms with van der Waals surface area (Å²) < 4.78 is 10.1. The first kappa shape index (κ1) is 17.2. The highest BCUT2D eigenvalue weighted by Gasteiger charge is 2.35. The molecule has 9 heteroatoms. The number of nitrogens with zero attached hydrogens (tertiary/aromatic N) is 2. The minimum Gasteiger partial charge on any atom is -0.467 e. The molecule has 2 amide bonds. The fourth-order valence-corrected chi connectivity index (χ4v) is 3.21. The maximum atomic E-state index is 12.4. The summed E-state index contributed by atoms with van der Waals surface area (Å²) >= 11 is 1.14. The van der Waals surface area contributed by atoms with E-state index in [0.717, 1.165) is 11.3 Å². The highest BCUT2D eigenvalue weighted by molar-refractivity contribution is 7.14. The summed E-state index contributed by atoms with van der Waals surface area (Å²) in [5.74, 6) is -0.700. The van der Waals surface area contributed by atoms with E-state index in [9.17, 15) is 14.4 Å². The third-order valence-corrected chi connectivity index (χ3v) is 4.49. The molecule has 0 aromatic carbocycles. The first-order valence-electron chi connectivity index (χ1n) is 7.80. The van der Waals surface area contributed by atoms with E-state index in [2.05, 4.69) is 10.3 Å². The Morgan fingerprint density at radius 3 is 3.08 bits per heavy atom. The number of ether oxygens (including phenoxy) is 1. The van der Waals surface area contributed by atoms with E-state index in [1.807, 2.05) is 0 Å². The Morgan fingerprint density at radius 2 is 2.36 bits per heavy atom. The van der Waals surface area contributed by atoms with Crippen LogP contribution in [0.2, 0.25) is 0 Å². The summed E-state index contributed by atoms with van der Waals surface area (Å²) in [6, 6.07) is 3.54. The molecular weight excluding hydrogens is 346 g/mol. The number of anilines is 1. The average molecular weight is 363 g/mol. The Kier molecular flexibility index (Phi) is 5.13. The van der Waals surface area contributed by atoms with Gasteiger partial charge in [-0.05, 0) is 19.1 Å². The molecule has 0 saturated carbocycles. The number of hydrogen-bond donors (Lipinski definition) is 1. The van der Waals surface area contributed by atoms with Crippen molar-refractivity contribution in [3.05, 3.63) is 35.2 Å². The molecule has 0 aliphatic carbocycles. The van der Waals surface area contributed by atoms with Gasteiger partial charge in [0.15, 0.2) is 10.8 Å². The number of furan rings is 1. The molecule has 1 aliphatic heterocycles. The highest BCUT2D eigenvalue weighted by atomic mass is 32.1. The molecule has 0 bridgehead atoms. The van der Waals surface area contributed by atoms with Crippen LogP contribution in [0.3, 0.4) is 0 Å². The summed E-state index contributed by atoms with van der Waals surface area (Å²) in [6.07, 6.45) is 1.69. The lowest BCUT2D eigenvalue weighted by atomic mass is 10.1. The summed E-state index contributed by atoms with van der Waals surface area (Å²) in [7, 11) is 0. The van der Waals surface area contributed by atoms with Crippen molar-refractivity contribution in [2.24, 2.45) is 5.92 Å². The minimum absolute atomic E-state index is 0.0945. The molecule has 1 aliphatic rings. The Bertz CT molecular complexity index is 771. The van der Waals surface area contributed by atoms with Crippen molar-refractivity contribution in [1.29, 1.82) is 0 Å². The van der Waals surface area contributed by atoms with Gasteiger partial charge < -0.3 is 19.4 Å². The first-order valence-corrected chi connectivity index (χ1v) is 8.68. The monoisotopic (exact) mass is 363 g/mol. The molecule has 1 fully saturated rings. The lowest BCUT2D eigenvalue weighted by molar-refractivity contribution is -0.128. The molecule has 1 N–H and O–H groups in total.